The van der Waals surface area contributed by atoms with Gasteiger partial charge >= 0.3 is 41.5 Å². The van der Waals surface area contributed by atoms with E-state index in [4.69, 9.17) is 50.5 Å². The molecule has 2 saturated heterocycles. The highest BCUT2D eigenvalue weighted by Gasteiger charge is 2.46. The number of nitrogens with one attached hydrogen (secondary N) is 6. The number of amides is 5. The van der Waals surface area contributed by atoms with E-state index in [0.29, 0.717) is 44.1 Å². The summed E-state index contributed by atoms with van der Waals surface area (Å²) >= 11 is 0. The highest BCUT2D eigenvalue weighted by atomic mass is 33.1. The summed E-state index contributed by atoms with van der Waals surface area (Å²) in [5, 5.41) is 39.2. The lowest BCUT2D eigenvalue weighted by atomic mass is 9.89. The monoisotopic (exact) mass is 1340 g/mol. The summed E-state index contributed by atoms with van der Waals surface area (Å²) < 4.78 is 140. The molecule has 468 valence electrons. The number of carboxylic acid groups (broad SMARTS) is 1. The Hall–Kier alpha value is -6.24. The van der Waals surface area contributed by atoms with E-state index in [1.807, 2.05) is 0 Å². The highest BCUT2D eigenvalue weighted by Crippen LogP contribution is 2.66. The van der Waals surface area contributed by atoms with Crippen LogP contribution in [0.5, 0.6) is 0 Å². The first-order valence-corrected chi connectivity index (χ1v) is 34.2. The van der Waals surface area contributed by atoms with Crippen LogP contribution in [0.3, 0.4) is 0 Å². The number of phosphoric acid groups is 3. The fraction of sp³-hybridized carbons (Fsp3) is 0.395. The van der Waals surface area contributed by atoms with Gasteiger partial charge in [0.15, 0.2) is 21.1 Å². The summed E-state index contributed by atoms with van der Waals surface area (Å²) in [5.41, 5.74) is 12.1. The Morgan fingerprint density at radius 2 is 1.66 bits per heavy atom. The first kappa shape index (κ1) is 68.9. The van der Waals surface area contributed by atoms with E-state index >= 15 is 0 Å². The summed E-state index contributed by atoms with van der Waals surface area (Å²) in [6, 6.07) is 6.55. The number of nitrogens with zero attached hydrogens (tertiary/aromatic N) is 4. The van der Waals surface area contributed by atoms with E-state index in [0.717, 1.165) is 23.1 Å². The lowest BCUT2D eigenvalue weighted by Crippen LogP contribution is -2.57. The van der Waals surface area contributed by atoms with Gasteiger partial charge in [-0.25, -0.2) is 28.1 Å². The van der Waals surface area contributed by atoms with E-state index in [1.165, 1.54) is 45.9 Å². The van der Waals surface area contributed by atoms with Crippen LogP contribution >= 0.6 is 45.1 Å². The molecule has 0 spiro atoms. The number of phosphoric ester groups is 1. The topological polar surface area (TPSA) is 572 Å². The zero-order chi connectivity index (χ0) is 63.4. The molecule has 3 heterocycles. The third-order valence-corrected chi connectivity index (χ3v) is 19.6. The number of azide groups is 1. The van der Waals surface area contributed by atoms with Crippen LogP contribution in [-0.2, 0) is 61.3 Å². The van der Waals surface area contributed by atoms with Gasteiger partial charge in [-0.05, 0) is 72.8 Å². The van der Waals surface area contributed by atoms with Gasteiger partial charge in [-0.3, -0.25) is 39.5 Å². The van der Waals surface area contributed by atoms with Crippen molar-refractivity contribution in [3.8, 4) is 34.3 Å². The van der Waals surface area contributed by atoms with Gasteiger partial charge in [-0.2, -0.15) is 25.5 Å². The van der Waals surface area contributed by atoms with Crippen molar-refractivity contribution >= 4 is 112 Å². The number of amidine groups is 1. The molecule has 2 aromatic rings. The van der Waals surface area contributed by atoms with E-state index in [-0.39, 0.29) is 59.5 Å². The van der Waals surface area contributed by atoms with Crippen molar-refractivity contribution in [2.45, 2.75) is 53.9 Å². The normalized spacial score (nSPS) is 18.7. The number of rotatable bonds is 29. The number of hydrogen-bond acceptors (Lipinski definition) is 24. The molecule has 0 bridgehead atoms. The second kappa shape index (κ2) is 29.6. The Balaban J connectivity index is 0.897. The average Bonchev–Trinajstić information content (AvgIpc) is 1.01. The van der Waals surface area contributed by atoms with Crippen molar-refractivity contribution in [3.63, 3.8) is 0 Å². The standard InChI is InChI=1S/C43H52N11O25P3S4/c44-29-10-8-26-34(27-9-11-30(45)38(86(70,71)72)36(27)77-35(26)37(29)85(67,68)69)28-17-23(6-7-25(28)41(56)57)40(55)48-14-16-83-84-22-73-15-3-1-2-12-49-42(58)50-13-4-5-24-19-54(43(59)52-39(24)46)33-18-31(74-21-51-53-47)32(76-33)20-75-81(63,64)79-82(65,66)78-80(60,61)62/h6-11,17,24,31-33,44H,1-3,12-16,18-22,45H2,(H,48,55)(H,56,57)(H,63,64)(H,65,66)(H2,46,52,59)(H2,49,50,58)(H2,60,61,62)(H,67,68,69)(H,70,71,72)/t24?,31-,32+,33?/m0/s1. The molecular formula is C43H52N11O25P3S4. The Labute approximate surface area is 493 Å². The van der Waals surface area contributed by atoms with Gasteiger partial charge in [-0.15, -0.1) is 0 Å². The number of hydrogen-bond donors (Lipinski definition) is 14. The largest absolute Gasteiger partial charge is 0.490 e. The fourth-order valence-corrected chi connectivity index (χ4v) is 14.4. The van der Waals surface area contributed by atoms with Gasteiger partial charge < -0.3 is 65.0 Å². The molecule has 43 heteroatoms. The molecule has 0 radical (unpaired) electrons. The lowest BCUT2D eigenvalue weighted by molar-refractivity contribution is -0.0740. The first-order chi connectivity index (χ1) is 40.3. The maximum absolute atomic E-state index is 13.4. The number of nitrogens with two attached hydrogens (primary N) is 1. The smallest absolute Gasteiger partial charge is 0.478 e. The quantitative estimate of drug-likeness (QED) is 0.00315. The molecule has 5 amide bonds. The number of ether oxygens (including phenoxy) is 3. The van der Waals surface area contributed by atoms with E-state index in [2.05, 4.69) is 56.3 Å². The van der Waals surface area contributed by atoms with Crippen molar-refractivity contribution in [1.29, 1.82) is 10.8 Å². The molecule has 6 atom stereocenters. The van der Waals surface area contributed by atoms with Crippen LogP contribution < -0.4 is 32.4 Å². The third-order valence-electron chi connectivity index (χ3n) is 11.8. The van der Waals surface area contributed by atoms with Gasteiger partial charge in [0.05, 0.1) is 41.8 Å². The number of carboxylic acids is 1. The molecule has 1 aliphatic carbocycles. The second-order valence-electron chi connectivity index (χ2n) is 17.8. The summed E-state index contributed by atoms with van der Waals surface area (Å²) in [5.74, 6) is 2.00. The number of carbonyl (C=O) groups is 4. The van der Waals surface area contributed by atoms with Crippen LogP contribution in [0.2, 0.25) is 0 Å². The number of urea groups is 2. The predicted octanol–water partition coefficient (Wildman–Crippen LogP) is 3.75. The number of benzene rings is 3. The molecule has 4 unspecified atom stereocenters. The maximum Gasteiger partial charge on any atom is 0.490 e. The van der Waals surface area contributed by atoms with Gasteiger partial charge in [-0.1, -0.05) is 38.5 Å². The molecule has 2 fully saturated rings. The van der Waals surface area contributed by atoms with Gasteiger partial charge in [0.2, 0.25) is 0 Å². The minimum atomic E-state index is -5.84. The van der Waals surface area contributed by atoms with Gasteiger partial charge in [0, 0.05) is 65.4 Å². The second-order valence-corrected chi connectivity index (χ2v) is 27.4. The first-order valence-electron chi connectivity index (χ1n) is 24.3. The molecule has 2 aromatic carbocycles. The molecule has 0 saturated carbocycles. The van der Waals surface area contributed by atoms with Crippen molar-refractivity contribution in [2.24, 2.45) is 11.0 Å². The summed E-state index contributed by atoms with van der Waals surface area (Å²) in [7, 11) is -24.8. The molecule has 4 aliphatic rings. The highest BCUT2D eigenvalue weighted by molar-refractivity contribution is 8.76. The molecule has 0 aromatic heterocycles. The van der Waals surface area contributed by atoms with Gasteiger partial charge in [0.1, 0.15) is 30.8 Å². The number of nitrogen functional groups attached to an aromatic ring is 1. The number of unbranched alkanes of at least 4 members (excludes halogenated alkanes) is 2. The van der Waals surface area contributed by atoms with Crippen LogP contribution in [0.4, 0.5) is 15.3 Å². The molecule has 86 heavy (non-hydrogen) atoms. The van der Waals surface area contributed by atoms with Crippen molar-refractivity contribution in [1.82, 2.24) is 26.2 Å². The summed E-state index contributed by atoms with van der Waals surface area (Å²) in [4.78, 5) is 89.7. The average molecular weight is 1340 g/mol. The minimum absolute atomic E-state index is 0.0735. The third kappa shape index (κ3) is 19.1. The Morgan fingerprint density at radius 1 is 0.930 bits per heavy atom. The molecule has 36 nitrogen and oxygen atoms in total. The number of carbonyl (C=O) groups excluding carboxylic acids is 3. The lowest BCUT2D eigenvalue weighted by Gasteiger charge is -2.35. The van der Waals surface area contributed by atoms with Crippen LogP contribution in [0.1, 0.15) is 46.4 Å². The zero-order valence-electron chi connectivity index (χ0n) is 43.9. The molecule has 3 aliphatic heterocycles. The number of fused-ring (bicyclic) bond motifs is 2. The Kier molecular flexibility index (Phi) is 23.7. The van der Waals surface area contributed by atoms with Crippen molar-refractivity contribution < 1.29 is 115 Å². The van der Waals surface area contributed by atoms with Gasteiger partial charge in [0.25, 0.3) is 26.1 Å². The predicted molar refractivity (Wildman–Crippen MR) is 300 cm³/mol. The summed E-state index contributed by atoms with van der Waals surface area (Å²) in [6.07, 6.45) is -1.89. The zero-order valence-corrected chi connectivity index (χ0v) is 49.8. The SMILES string of the molecule is [N-]=[N+]=NCO[C@H]1CC(N2CC(C#CCNC(=O)NCCCCCOCSSCCNC(=O)c3ccc(C(=O)O)c(-c4c5ccc(=N)c(S(=O)(=O)O)c-5oc5c(S(=O)(=O)O)c(N)ccc45)c3)C(=N)NC2=O)O[C@@H]1COP(=O)(O)OP(=O)(O)OP(=O)(O)O. The fourth-order valence-electron chi connectivity index (χ4n) is 8.29. The van der Waals surface area contributed by atoms with Crippen LogP contribution in [0, 0.1) is 28.6 Å². The molecule has 15 N–H and O–H groups in total. The van der Waals surface area contributed by atoms with Crippen LogP contribution in [-0.4, -0.2) is 162 Å². The van der Waals surface area contributed by atoms with E-state index in [1.54, 1.807) is 0 Å². The van der Waals surface area contributed by atoms with E-state index in [9.17, 15) is 73.7 Å². The molecular weight excluding hydrogens is 1290 g/mol. The molecule has 6 rings (SSSR count). The van der Waals surface area contributed by atoms with Crippen LogP contribution in [0.15, 0.2) is 61.8 Å². The number of aromatic carboxylic acids is 1. The number of anilines is 1. The Morgan fingerprint density at radius 3 is 2.35 bits per heavy atom. The maximum atomic E-state index is 13.4. The van der Waals surface area contributed by atoms with E-state index < -0.39 is 143 Å². The van der Waals surface area contributed by atoms with Crippen molar-refractivity contribution in [3.05, 3.63) is 69.4 Å². The van der Waals surface area contributed by atoms with Crippen LogP contribution in [0.25, 0.3) is 43.9 Å². The minimum Gasteiger partial charge on any atom is -0.478 e. The summed E-state index contributed by atoms with van der Waals surface area (Å²) in [6.45, 7) is -1.08. The Bertz CT molecular complexity index is 3800. The van der Waals surface area contributed by atoms with Crippen molar-refractivity contribution in [2.75, 3.05) is 63.5 Å².